The van der Waals surface area contributed by atoms with Crippen molar-refractivity contribution >= 4 is 32.6 Å². The summed E-state index contributed by atoms with van der Waals surface area (Å²) in [5.41, 5.74) is 2.81. The van der Waals surface area contributed by atoms with Crippen LogP contribution in [0.4, 0.5) is 5.13 Å². The molecule has 0 saturated heterocycles. The van der Waals surface area contributed by atoms with E-state index in [1.54, 1.807) is 11.6 Å². The largest absolute Gasteiger partial charge is 0.483 e. The number of anilines is 1. The van der Waals surface area contributed by atoms with Crippen LogP contribution in [0, 0.1) is 6.92 Å². The summed E-state index contributed by atoms with van der Waals surface area (Å²) in [4.78, 5) is 29.5. The Morgan fingerprint density at radius 3 is 2.76 bits per heavy atom. The molecule has 0 saturated carbocycles. The minimum absolute atomic E-state index is 0.198. The van der Waals surface area contributed by atoms with Crippen molar-refractivity contribution in [2.75, 3.05) is 5.32 Å². The summed E-state index contributed by atoms with van der Waals surface area (Å²) in [7, 11) is 1.70. The third-order valence-corrected chi connectivity index (χ3v) is 5.37. The predicted octanol–water partition coefficient (Wildman–Crippen LogP) is 4.13. The number of fused-ring (bicyclic) bond motifs is 1. The molecule has 6 nitrogen and oxygen atoms in total. The topological polar surface area (TPSA) is 73.2 Å². The maximum Gasteiger partial charge on any atom is 0.274 e. The van der Waals surface area contributed by atoms with Crippen LogP contribution in [0.1, 0.15) is 21.6 Å². The van der Waals surface area contributed by atoms with E-state index in [4.69, 9.17) is 4.74 Å². The van der Waals surface area contributed by atoms with Gasteiger partial charge in [0.15, 0.2) is 10.9 Å². The van der Waals surface area contributed by atoms with Gasteiger partial charge in [0.25, 0.3) is 5.91 Å². The highest BCUT2D eigenvalue weighted by atomic mass is 32.1. The molecule has 146 valence electrons. The Balaban J connectivity index is 1.52. The Morgan fingerprint density at radius 1 is 1.17 bits per heavy atom. The van der Waals surface area contributed by atoms with Gasteiger partial charge in [-0.1, -0.05) is 47.7 Å². The lowest BCUT2D eigenvalue weighted by molar-refractivity contribution is 0.101. The molecule has 0 aliphatic rings. The molecule has 0 bridgehead atoms. The van der Waals surface area contributed by atoms with E-state index in [0.29, 0.717) is 5.13 Å². The van der Waals surface area contributed by atoms with Crippen LogP contribution in [0.2, 0.25) is 0 Å². The number of rotatable bonds is 5. The highest BCUT2D eigenvalue weighted by Crippen LogP contribution is 2.27. The molecule has 0 unspecified atom stereocenters. The smallest absolute Gasteiger partial charge is 0.274 e. The van der Waals surface area contributed by atoms with Crippen molar-refractivity contribution in [3.05, 3.63) is 87.8 Å². The summed E-state index contributed by atoms with van der Waals surface area (Å²) in [6, 6.07) is 16.8. The Labute approximate surface area is 171 Å². The first-order valence-electron chi connectivity index (χ1n) is 9.05. The number of amides is 1. The molecular weight excluding hydrogens is 386 g/mol. The van der Waals surface area contributed by atoms with Gasteiger partial charge in [-0.2, -0.15) is 0 Å². The van der Waals surface area contributed by atoms with Crippen molar-refractivity contribution in [2.45, 2.75) is 13.5 Å². The second kappa shape index (κ2) is 7.89. The number of aromatic nitrogens is 2. The number of aryl methyl sites for hydroxylation is 2. The van der Waals surface area contributed by atoms with Crippen LogP contribution < -0.4 is 15.5 Å². The number of hydrogen-bond acceptors (Lipinski definition) is 5. The van der Waals surface area contributed by atoms with Crippen LogP contribution in [0.15, 0.2) is 65.6 Å². The molecule has 2 aromatic heterocycles. The molecule has 0 atom stereocenters. The average molecular weight is 405 g/mol. The van der Waals surface area contributed by atoms with E-state index >= 15 is 0 Å². The van der Waals surface area contributed by atoms with Crippen LogP contribution in [0.5, 0.6) is 5.75 Å². The number of pyridine rings is 1. The first-order valence-corrected chi connectivity index (χ1v) is 9.87. The second-order valence-electron chi connectivity index (χ2n) is 6.72. The maximum atomic E-state index is 12.7. The van der Waals surface area contributed by atoms with Crippen LogP contribution in [0.3, 0.4) is 0 Å². The van der Waals surface area contributed by atoms with Gasteiger partial charge in [0.05, 0.1) is 16.4 Å². The summed E-state index contributed by atoms with van der Waals surface area (Å²) in [5.74, 6) is -0.196. The number of carbonyl (C=O) groups excluding carboxylic acids is 1. The SMILES string of the molecule is Cc1ccc2nc(NC(=O)c3cc(=O)c(OCc4ccccc4)cn3C)sc2c1. The summed E-state index contributed by atoms with van der Waals surface area (Å²) in [6.45, 7) is 2.29. The number of carbonyl (C=O) groups is 1. The van der Waals surface area contributed by atoms with Gasteiger partial charge < -0.3 is 9.30 Å². The average Bonchev–Trinajstić information content (AvgIpc) is 3.10. The van der Waals surface area contributed by atoms with E-state index in [9.17, 15) is 9.59 Å². The van der Waals surface area contributed by atoms with Crippen molar-refractivity contribution in [3.8, 4) is 5.75 Å². The lowest BCUT2D eigenvalue weighted by Crippen LogP contribution is -2.21. The number of ether oxygens (including phenoxy) is 1. The van der Waals surface area contributed by atoms with Crippen molar-refractivity contribution < 1.29 is 9.53 Å². The number of benzene rings is 2. The zero-order chi connectivity index (χ0) is 20.4. The molecule has 0 spiro atoms. The molecule has 1 amide bonds. The highest BCUT2D eigenvalue weighted by Gasteiger charge is 2.15. The molecule has 0 aliphatic carbocycles. The minimum Gasteiger partial charge on any atom is -0.483 e. The van der Waals surface area contributed by atoms with Gasteiger partial charge in [0.2, 0.25) is 5.43 Å². The van der Waals surface area contributed by atoms with E-state index in [0.717, 1.165) is 21.3 Å². The van der Waals surface area contributed by atoms with Crippen LogP contribution in [-0.2, 0) is 13.7 Å². The van der Waals surface area contributed by atoms with Gasteiger partial charge in [-0.3, -0.25) is 14.9 Å². The van der Waals surface area contributed by atoms with Gasteiger partial charge in [0, 0.05) is 13.1 Å². The van der Waals surface area contributed by atoms with E-state index in [-0.39, 0.29) is 23.5 Å². The van der Waals surface area contributed by atoms with Gasteiger partial charge in [-0.15, -0.1) is 0 Å². The predicted molar refractivity (Wildman–Crippen MR) is 115 cm³/mol. The molecule has 2 aromatic carbocycles. The van der Waals surface area contributed by atoms with Crippen molar-refractivity contribution in [1.29, 1.82) is 0 Å². The molecule has 4 aromatic rings. The summed E-state index contributed by atoms with van der Waals surface area (Å²) in [6.07, 6.45) is 1.53. The molecular formula is C22H19N3O3S. The molecule has 0 aliphatic heterocycles. The molecule has 1 N–H and O–H groups in total. The molecule has 0 radical (unpaired) electrons. The zero-order valence-corrected chi connectivity index (χ0v) is 16.8. The standard InChI is InChI=1S/C22H19N3O3S/c1-14-8-9-16-20(10-14)29-22(23-16)24-21(27)17-11-18(26)19(12-25(17)2)28-13-15-6-4-3-5-7-15/h3-12H,13H2,1-2H3,(H,23,24,27). The third-order valence-electron chi connectivity index (χ3n) is 4.44. The molecule has 2 heterocycles. The van der Waals surface area contributed by atoms with E-state index in [1.807, 2.05) is 55.5 Å². The first-order chi connectivity index (χ1) is 14.0. The quantitative estimate of drug-likeness (QED) is 0.542. The van der Waals surface area contributed by atoms with Gasteiger partial charge in [-0.25, -0.2) is 4.98 Å². The first kappa shape index (κ1) is 18.9. The second-order valence-corrected chi connectivity index (χ2v) is 7.75. The van der Waals surface area contributed by atoms with Gasteiger partial charge in [-0.05, 0) is 30.2 Å². The summed E-state index contributed by atoms with van der Waals surface area (Å²) in [5, 5.41) is 3.27. The lowest BCUT2D eigenvalue weighted by atomic mass is 10.2. The van der Waals surface area contributed by atoms with Crippen molar-refractivity contribution in [2.24, 2.45) is 7.05 Å². The number of nitrogens with zero attached hydrogens (tertiary/aromatic N) is 2. The minimum atomic E-state index is -0.394. The fraction of sp³-hybridized carbons (Fsp3) is 0.136. The van der Waals surface area contributed by atoms with E-state index in [1.165, 1.54) is 23.6 Å². The Kier molecular flexibility index (Phi) is 5.14. The number of hydrogen-bond donors (Lipinski definition) is 1. The molecule has 0 fully saturated rings. The van der Waals surface area contributed by atoms with Crippen LogP contribution in [0.25, 0.3) is 10.2 Å². The highest BCUT2D eigenvalue weighted by molar-refractivity contribution is 7.22. The maximum absolute atomic E-state index is 12.7. The number of thiazole rings is 1. The van der Waals surface area contributed by atoms with E-state index in [2.05, 4.69) is 10.3 Å². The third kappa shape index (κ3) is 4.20. The normalized spacial score (nSPS) is 10.8. The molecule has 4 rings (SSSR count). The fourth-order valence-electron chi connectivity index (χ4n) is 2.92. The lowest BCUT2D eigenvalue weighted by Gasteiger charge is -2.11. The monoisotopic (exact) mass is 405 g/mol. The van der Waals surface area contributed by atoms with E-state index < -0.39 is 5.91 Å². The van der Waals surface area contributed by atoms with Crippen LogP contribution in [-0.4, -0.2) is 15.5 Å². The Hall–Kier alpha value is -3.45. The van der Waals surface area contributed by atoms with Crippen LogP contribution >= 0.6 is 11.3 Å². The number of nitrogens with one attached hydrogen (secondary N) is 1. The van der Waals surface area contributed by atoms with Gasteiger partial charge in [0.1, 0.15) is 12.3 Å². The Morgan fingerprint density at radius 2 is 1.97 bits per heavy atom. The molecule has 7 heteroatoms. The molecule has 29 heavy (non-hydrogen) atoms. The fourth-order valence-corrected chi connectivity index (χ4v) is 3.88. The van der Waals surface area contributed by atoms with Crippen molar-refractivity contribution in [1.82, 2.24) is 9.55 Å². The zero-order valence-electron chi connectivity index (χ0n) is 16.0. The Bertz CT molecular complexity index is 1250. The van der Waals surface area contributed by atoms with Crippen molar-refractivity contribution in [3.63, 3.8) is 0 Å². The summed E-state index contributed by atoms with van der Waals surface area (Å²) < 4.78 is 8.21. The van der Waals surface area contributed by atoms with Gasteiger partial charge >= 0.3 is 0 Å². The summed E-state index contributed by atoms with van der Waals surface area (Å²) >= 11 is 1.40.